The van der Waals surface area contributed by atoms with Crippen LogP contribution < -0.4 is 0 Å². The molecule has 0 saturated heterocycles. The Morgan fingerprint density at radius 2 is 1.50 bits per heavy atom. The van der Waals surface area contributed by atoms with Crippen molar-refractivity contribution in [3.05, 3.63) is 35.4 Å². The van der Waals surface area contributed by atoms with Crippen LogP contribution in [0.2, 0.25) is 0 Å². The molecule has 8 heteroatoms. The van der Waals surface area contributed by atoms with E-state index in [1.807, 2.05) is 12.1 Å². The van der Waals surface area contributed by atoms with E-state index in [-0.39, 0.29) is 5.75 Å². The topological polar surface area (TPSA) is 20.3 Å². The molecule has 0 N–H and O–H groups in total. The molecule has 1 unspecified atom stereocenters. The molecule has 0 amide bonds. The molecule has 0 radical (unpaired) electrons. The van der Waals surface area contributed by atoms with Crippen molar-refractivity contribution in [3.8, 4) is 0 Å². The fourth-order valence-electron chi connectivity index (χ4n) is 2.71. The largest absolute Gasteiger partial charge is 0.453 e. The van der Waals surface area contributed by atoms with E-state index < -0.39 is 35.7 Å². The maximum atomic E-state index is 12.7. The van der Waals surface area contributed by atoms with E-state index in [2.05, 4.69) is 17.0 Å². The summed E-state index contributed by atoms with van der Waals surface area (Å²) in [4.78, 5) is 2.21. The van der Waals surface area contributed by atoms with E-state index in [4.69, 9.17) is 0 Å². The minimum Gasteiger partial charge on any atom is -0.295 e. The van der Waals surface area contributed by atoms with Crippen molar-refractivity contribution in [1.29, 1.82) is 0 Å². The molecule has 0 spiro atoms. The summed E-state index contributed by atoms with van der Waals surface area (Å²) in [6.07, 6.45) is -6.59. The number of nitrogens with zero attached hydrogens (tertiary/aromatic N) is 1. The van der Waals surface area contributed by atoms with Crippen LogP contribution in [0.25, 0.3) is 0 Å². The average molecular weight is 369 g/mol. The van der Waals surface area contributed by atoms with Crippen molar-refractivity contribution in [2.75, 3.05) is 18.1 Å². The Balaban J connectivity index is 1.61. The molecule has 0 bridgehead atoms. The first-order chi connectivity index (χ1) is 11.2. The van der Waals surface area contributed by atoms with Gasteiger partial charge in [-0.2, -0.15) is 22.0 Å². The van der Waals surface area contributed by atoms with E-state index in [9.17, 15) is 26.2 Å². The summed E-state index contributed by atoms with van der Waals surface area (Å²) >= 11 is 0. The highest BCUT2D eigenvalue weighted by molar-refractivity contribution is 7.84. The Morgan fingerprint density at radius 1 is 0.958 bits per heavy atom. The number of hydrogen-bond donors (Lipinski definition) is 0. The van der Waals surface area contributed by atoms with Crippen LogP contribution in [0.4, 0.5) is 22.0 Å². The van der Waals surface area contributed by atoms with Crippen LogP contribution in [0, 0.1) is 0 Å². The Kier molecular flexibility index (Phi) is 6.36. The van der Waals surface area contributed by atoms with Gasteiger partial charge in [0.2, 0.25) is 0 Å². The highest BCUT2D eigenvalue weighted by atomic mass is 32.2. The van der Waals surface area contributed by atoms with Gasteiger partial charge in [-0.1, -0.05) is 24.3 Å². The molecule has 1 aliphatic heterocycles. The number of hydrogen-bond acceptors (Lipinski definition) is 2. The Labute approximate surface area is 140 Å². The second-order valence-electron chi connectivity index (χ2n) is 5.99. The monoisotopic (exact) mass is 369 g/mol. The number of alkyl halides is 5. The first kappa shape index (κ1) is 19.3. The lowest BCUT2D eigenvalue weighted by Gasteiger charge is -2.19. The highest BCUT2D eigenvalue weighted by Crippen LogP contribution is 2.38. The van der Waals surface area contributed by atoms with Gasteiger partial charge in [0.05, 0.1) is 0 Å². The second-order valence-corrected chi connectivity index (χ2v) is 7.68. The van der Waals surface area contributed by atoms with E-state index in [1.165, 1.54) is 11.1 Å². The fraction of sp³-hybridized carbons (Fsp3) is 0.625. The normalized spacial score (nSPS) is 17.0. The summed E-state index contributed by atoms with van der Waals surface area (Å²) in [6, 6.07) is 8.09. The maximum Gasteiger partial charge on any atom is 0.453 e. The van der Waals surface area contributed by atoms with Crippen LogP contribution in [0.1, 0.15) is 30.4 Å². The maximum absolute atomic E-state index is 12.7. The van der Waals surface area contributed by atoms with Gasteiger partial charge in [0.25, 0.3) is 0 Å². The van der Waals surface area contributed by atoms with Gasteiger partial charge < -0.3 is 0 Å². The Hall–Kier alpha value is -1.02. The lowest BCUT2D eigenvalue weighted by Crippen LogP contribution is -2.36. The van der Waals surface area contributed by atoms with Crippen molar-refractivity contribution in [2.24, 2.45) is 0 Å². The van der Waals surface area contributed by atoms with Crippen molar-refractivity contribution < 1.29 is 26.2 Å². The summed E-state index contributed by atoms with van der Waals surface area (Å²) < 4.78 is 73.3. The van der Waals surface area contributed by atoms with Gasteiger partial charge in [0.15, 0.2) is 0 Å². The zero-order valence-electron chi connectivity index (χ0n) is 13.1. The minimum atomic E-state index is -5.53. The number of rotatable bonds is 8. The van der Waals surface area contributed by atoms with E-state index >= 15 is 0 Å². The Bertz CT molecular complexity index is 551. The SMILES string of the molecule is O=S(CCCN1Cc2ccccc2C1)CCCC(F)(F)C(F)(F)F. The number of halogens is 5. The van der Waals surface area contributed by atoms with Gasteiger partial charge in [-0.15, -0.1) is 0 Å². The van der Waals surface area contributed by atoms with Gasteiger partial charge in [-0.25, -0.2) is 0 Å². The smallest absolute Gasteiger partial charge is 0.295 e. The molecule has 0 aliphatic carbocycles. The predicted octanol–water partition coefficient (Wildman–Crippen LogP) is 4.12. The molecule has 0 saturated carbocycles. The molecule has 1 aromatic carbocycles. The zero-order valence-corrected chi connectivity index (χ0v) is 13.9. The minimum absolute atomic E-state index is 0.119. The third-order valence-corrected chi connectivity index (χ3v) is 5.52. The molecule has 1 atom stereocenters. The summed E-state index contributed by atoms with van der Waals surface area (Å²) in [5, 5.41) is 0. The summed E-state index contributed by atoms with van der Waals surface area (Å²) in [7, 11) is -1.36. The summed E-state index contributed by atoms with van der Waals surface area (Å²) in [6.45, 7) is 2.40. The third-order valence-electron chi connectivity index (χ3n) is 4.03. The molecule has 2 nitrogen and oxygen atoms in total. The van der Waals surface area contributed by atoms with Crippen molar-refractivity contribution in [3.63, 3.8) is 0 Å². The quantitative estimate of drug-likeness (QED) is 0.643. The standard InChI is InChI=1S/C16H20F5NOS/c17-15(18,16(19,20)21)7-3-9-24(23)10-4-8-22-11-13-5-1-2-6-14(13)12-22/h1-2,5-6H,3-4,7-12H2. The number of benzene rings is 1. The lowest BCUT2D eigenvalue weighted by molar-refractivity contribution is -0.284. The first-order valence-corrected chi connectivity index (χ1v) is 9.26. The molecular formula is C16H20F5NOS. The predicted molar refractivity (Wildman–Crippen MR) is 83.3 cm³/mol. The fourth-order valence-corrected chi connectivity index (χ4v) is 3.83. The first-order valence-electron chi connectivity index (χ1n) is 7.78. The molecular weight excluding hydrogens is 349 g/mol. The number of fused-ring (bicyclic) bond motifs is 1. The molecule has 24 heavy (non-hydrogen) atoms. The lowest BCUT2D eigenvalue weighted by atomic mass is 10.1. The molecule has 136 valence electrons. The summed E-state index contributed by atoms with van der Waals surface area (Å²) in [5.74, 6) is -4.49. The van der Waals surface area contributed by atoms with Crippen LogP contribution in [0.15, 0.2) is 24.3 Å². The van der Waals surface area contributed by atoms with E-state index in [0.29, 0.717) is 12.2 Å². The van der Waals surface area contributed by atoms with Gasteiger partial charge in [0.1, 0.15) is 0 Å². The third kappa shape index (κ3) is 5.24. The van der Waals surface area contributed by atoms with Crippen molar-refractivity contribution in [1.82, 2.24) is 4.90 Å². The van der Waals surface area contributed by atoms with Gasteiger partial charge in [-0.3, -0.25) is 9.11 Å². The molecule has 1 aromatic rings. The Morgan fingerprint density at radius 3 is 2.04 bits per heavy atom. The summed E-state index contributed by atoms with van der Waals surface area (Å²) in [5.41, 5.74) is 2.54. The average Bonchev–Trinajstić information content (AvgIpc) is 2.88. The van der Waals surface area contributed by atoms with Crippen LogP contribution in [0.5, 0.6) is 0 Å². The van der Waals surface area contributed by atoms with Gasteiger partial charge in [0, 0.05) is 41.8 Å². The zero-order chi connectivity index (χ0) is 17.8. The van der Waals surface area contributed by atoms with Crippen molar-refractivity contribution >= 4 is 10.8 Å². The van der Waals surface area contributed by atoms with Crippen LogP contribution >= 0.6 is 0 Å². The van der Waals surface area contributed by atoms with E-state index in [0.717, 1.165) is 19.6 Å². The van der Waals surface area contributed by atoms with E-state index in [1.54, 1.807) is 0 Å². The molecule has 0 fully saturated rings. The highest BCUT2D eigenvalue weighted by Gasteiger charge is 2.56. The molecule has 1 heterocycles. The molecule has 2 rings (SSSR count). The molecule has 0 aromatic heterocycles. The van der Waals surface area contributed by atoms with Crippen molar-refractivity contribution in [2.45, 2.75) is 44.5 Å². The van der Waals surface area contributed by atoms with Crippen LogP contribution in [-0.2, 0) is 23.9 Å². The van der Waals surface area contributed by atoms with Crippen LogP contribution in [-0.4, -0.2) is 39.3 Å². The van der Waals surface area contributed by atoms with Gasteiger partial charge in [-0.05, 0) is 30.5 Å². The molecule has 1 aliphatic rings. The van der Waals surface area contributed by atoms with Crippen LogP contribution in [0.3, 0.4) is 0 Å². The second kappa shape index (κ2) is 7.91. The van der Waals surface area contributed by atoms with Gasteiger partial charge >= 0.3 is 12.1 Å².